The molecule has 0 bridgehead atoms. The van der Waals surface area contributed by atoms with Crippen LogP contribution in [0.1, 0.15) is 47.6 Å². The number of nitrogens with zero attached hydrogens (tertiary/aromatic N) is 2. The number of hydrogen-bond acceptors (Lipinski definition) is 5. The molecule has 174 valence electrons. The van der Waals surface area contributed by atoms with Crippen molar-refractivity contribution in [3.63, 3.8) is 0 Å². The van der Waals surface area contributed by atoms with Crippen molar-refractivity contribution in [1.29, 1.82) is 0 Å². The molecule has 0 radical (unpaired) electrons. The smallest absolute Gasteiger partial charge is 0.408 e. The molecular formula is C25H24N4O4S. The summed E-state index contributed by atoms with van der Waals surface area (Å²) in [5.41, 5.74) is 2.99. The predicted octanol–water partition coefficient (Wildman–Crippen LogP) is 4.52. The van der Waals surface area contributed by atoms with E-state index in [4.69, 9.17) is 0 Å². The highest BCUT2D eigenvalue weighted by Gasteiger charge is 2.41. The van der Waals surface area contributed by atoms with Crippen LogP contribution in [0.2, 0.25) is 0 Å². The van der Waals surface area contributed by atoms with Crippen molar-refractivity contribution in [3.8, 4) is 11.3 Å². The van der Waals surface area contributed by atoms with E-state index in [2.05, 4.69) is 15.6 Å². The summed E-state index contributed by atoms with van der Waals surface area (Å²) >= 11 is 1.28. The number of carboxylic acid groups (broad SMARTS) is 1. The molecule has 1 aliphatic carbocycles. The number of thiazole rings is 1. The number of carbonyl (C=O) groups is 3. The summed E-state index contributed by atoms with van der Waals surface area (Å²) in [5, 5.41) is 17.8. The molecule has 1 saturated heterocycles. The first-order valence-corrected chi connectivity index (χ1v) is 12.1. The van der Waals surface area contributed by atoms with Crippen LogP contribution in [0.5, 0.6) is 0 Å². The van der Waals surface area contributed by atoms with E-state index in [1.807, 2.05) is 47.8 Å². The highest BCUT2D eigenvalue weighted by molar-refractivity contribution is 7.14. The lowest BCUT2D eigenvalue weighted by molar-refractivity contribution is -0.120. The number of likely N-dealkylation sites (tertiary alicyclic amines) is 1. The van der Waals surface area contributed by atoms with Gasteiger partial charge in [-0.3, -0.25) is 14.5 Å². The molecule has 3 N–H and O–H groups in total. The maximum atomic E-state index is 13.0. The zero-order valence-electron chi connectivity index (χ0n) is 18.3. The average Bonchev–Trinajstić information content (AvgIpc) is 3.35. The van der Waals surface area contributed by atoms with Crippen molar-refractivity contribution in [3.05, 3.63) is 71.1 Å². The zero-order chi connectivity index (χ0) is 23.7. The maximum absolute atomic E-state index is 13.0. The van der Waals surface area contributed by atoms with E-state index >= 15 is 0 Å². The topological polar surface area (TPSA) is 112 Å². The molecule has 1 aliphatic heterocycles. The minimum atomic E-state index is -1.11. The monoisotopic (exact) mass is 476 g/mol. The van der Waals surface area contributed by atoms with Crippen LogP contribution in [0.25, 0.3) is 11.3 Å². The number of carbonyl (C=O) groups excluding carboxylic acids is 2. The predicted molar refractivity (Wildman–Crippen MR) is 129 cm³/mol. The first-order valence-electron chi connectivity index (χ1n) is 11.2. The van der Waals surface area contributed by atoms with Crippen LogP contribution in [0.15, 0.2) is 60.0 Å². The summed E-state index contributed by atoms with van der Waals surface area (Å²) < 4.78 is 0. The van der Waals surface area contributed by atoms with Gasteiger partial charge in [0, 0.05) is 22.5 Å². The second kappa shape index (κ2) is 9.26. The van der Waals surface area contributed by atoms with Crippen LogP contribution in [0.3, 0.4) is 0 Å². The third-order valence-electron chi connectivity index (χ3n) is 6.18. The van der Waals surface area contributed by atoms with Crippen molar-refractivity contribution >= 4 is 34.4 Å². The van der Waals surface area contributed by atoms with Gasteiger partial charge >= 0.3 is 6.09 Å². The molecule has 2 heterocycles. The van der Waals surface area contributed by atoms with E-state index in [1.165, 1.54) is 16.2 Å². The lowest BCUT2D eigenvalue weighted by Gasteiger charge is -2.26. The number of anilines is 1. The van der Waals surface area contributed by atoms with Gasteiger partial charge in [0.25, 0.3) is 5.91 Å². The molecule has 2 unspecified atom stereocenters. The highest BCUT2D eigenvalue weighted by atomic mass is 32.1. The molecule has 1 saturated carbocycles. The fraction of sp³-hybridized carbons (Fsp3) is 0.280. The van der Waals surface area contributed by atoms with E-state index in [9.17, 15) is 19.5 Å². The van der Waals surface area contributed by atoms with Crippen LogP contribution in [-0.4, -0.2) is 45.0 Å². The van der Waals surface area contributed by atoms with Crippen molar-refractivity contribution in [2.75, 3.05) is 5.32 Å². The van der Waals surface area contributed by atoms with Gasteiger partial charge < -0.3 is 15.7 Å². The molecule has 8 nitrogen and oxygen atoms in total. The van der Waals surface area contributed by atoms with Gasteiger partial charge in [-0.05, 0) is 43.4 Å². The van der Waals surface area contributed by atoms with Gasteiger partial charge in [0.15, 0.2) is 5.13 Å². The third-order valence-corrected chi connectivity index (χ3v) is 6.94. The largest absolute Gasteiger partial charge is 0.465 e. The van der Waals surface area contributed by atoms with Gasteiger partial charge in [-0.25, -0.2) is 9.78 Å². The summed E-state index contributed by atoms with van der Waals surface area (Å²) in [4.78, 5) is 42.9. The Morgan fingerprint density at radius 1 is 0.971 bits per heavy atom. The molecule has 1 aromatic heterocycles. The molecule has 2 aliphatic rings. The molecule has 34 heavy (non-hydrogen) atoms. The van der Waals surface area contributed by atoms with E-state index < -0.39 is 12.1 Å². The number of benzene rings is 2. The standard InChI is InChI=1S/C25H24N4O4S/c30-22(26-18-10-11-18)17-8-6-15(7-9-17)19-14-34-24(27-19)28-23(31)21-13-12-20(29(21)25(32)33)16-4-2-1-3-5-16/h1-9,14,18,20-21H,10-13H2,(H,26,30)(H,32,33)(H,27,28,31). The Labute approximate surface area is 200 Å². The highest BCUT2D eigenvalue weighted by Crippen LogP contribution is 2.37. The van der Waals surface area contributed by atoms with E-state index in [0.29, 0.717) is 35.3 Å². The summed E-state index contributed by atoms with van der Waals surface area (Å²) in [6, 6.07) is 15.7. The molecule has 3 aromatic rings. The Kier molecular flexibility index (Phi) is 6.02. The van der Waals surface area contributed by atoms with Crippen molar-refractivity contribution in [1.82, 2.24) is 15.2 Å². The molecular weight excluding hydrogens is 452 g/mol. The Balaban J connectivity index is 1.25. The van der Waals surface area contributed by atoms with Gasteiger partial charge in [0.1, 0.15) is 6.04 Å². The first-order chi connectivity index (χ1) is 16.5. The lowest BCUT2D eigenvalue weighted by Crippen LogP contribution is -2.43. The number of rotatable bonds is 6. The molecule has 2 aromatic carbocycles. The Hall–Kier alpha value is -3.72. The summed E-state index contributed by atoms with van der Waals surface area (Å²) in [6.45, 7) is 0. The molecule has 0 spiro atoms. The van der Waals surface area contributed by atoms with Crippen molar-refractivity contribution in [2.45, 2.75) is 43.8 Å². The Morgan fingerprint density at radius 3 is 2.38 bits per heavy atom. The lowest BCUT2D eigenvalue weighted by atomic mass is 10.1. The third kappa shape index (κ3) is 4.65. The molecule has 9 heteroatoms. The fourth-order valence-electron chi connectivity index (χ4n) is 4.28. The maximum Gasteiger partial charge on any atom is 0.408 e. The first kappa shape index (κ1) is 22.1. The van der Waals surface area contributed by atoms with E-state index in [0.717, 1.165) is 24.0 Å². The molecule has 2 atom stereocenters. The minimum absolute atomic E-state index is 0.0753. The Morgan fingerprint density at radius 2 is 1.71 bits per heavy atom. The second-order valence-corrected chi connectivity index (χ2v) is 9.42. The summed E-state index contributed by atoms with van der Waals surface area (Å²) in [5.74, 6) is -0.456. The number of nitrogens with one attached hydrogen (secondary N) is 2. The molecule has 5 rings (SSSR count). The number of aromatic nitrogens is 1. The van der Waals surface area contributed by atoms with Crippen LogP contribution in [-0.2, 0) is 4.79 Å². The number of amides is 3. The SMILES string of the molecule is O=C(NC1CC1)c1ccc(-c2csc(NC(=O)C3CCC(c4ccccc4)N3C(=O)O)n2)cc1. The van der Waals surface area contributed by atoms with Gasteiger partial charge in [0.05, 0.1) is 11.7 Å². The van der Waals surface area contributed by atoms with Crippen molar-refractivity contribution < 1.29 is 19.5 Å². The van der Waals surface area contributed by atoms with Gasteiger partial charge in [0.2, 0.25) is 5.91 Å². The molecule has 3 amide bonds. The van der Waals surface area contributed by atoms with Gasteiger partial charge in [-0.15, -0.1) is 11.3 Å². The summed E-state index contributed by atoms with van der Waals surface area (Å²) in [7, 11) is 0. The second-order valence-electron chi connectivity index (χ2n) is 8.56. The Bertz CT molecular complexity index is 1210. The van der Waals surface area contributed by atoms with Crippen molar-refractivity contribution in [2.24, 2.45) is 0 Å². The van der Waals surface area contributed by atoms with E-state index in [-0.39, 0.29) is 17.9 Å². The van der Waals surface area contributed by atoms with Crippen LogP contribution >= 0.6 is 11.3 Å². The van der Waals surface area contributed by atoms with Crippen LogP contribution in [0.4, 0.5) is 9.93 Å². The van der Waals surface area contributed by atoms with E-state index in [1.54, 1.807) is 12.1 Å². The fourth-order valence-corrected chi connectivity index (χ4v) is 5.00. The van der Waals surface area contributed by atoms with Gasteiger partial charge in [-0.2, -0.15) is 0 Å². The molecule has 2 fully saturated rings. The summed E-state index contributed by atoms with van der Waals surface area (Å²) in [6.07, 6.45) is 1.99. The van der Waals surface area contributed by atoms with Crippen LogP contribution in [0, 0.1) is 0 Å². The quantitative estimate of drug-likeness (QED) is 0.484. The van der Waals surface area contributed by atoms with Crippen LogP contribution < -0.4 is 10.6 Å². The number of hydrogen-bond donors (Lipinski definition) is 3. The minimum Gasteiger partial charge on any atom is -0.465 e. The zero-order valence-corrected chi connectivity index (χ0v) is 19.1. The van der Waals surface area contributed by atoms with Gasteiger partial charge in [-0.1, -0.05) is 42.5 Å². The normalized spacial score (nSPS) is 19.6. The average molecular weight is 477 g/mol.